The van der Waals surface area contributed by atoms with Gasteiger partial charge in [-0.25, -0.2) is 13.1 Å². The molecule has 8 nitrogen and oxygen atoms in total. The zero-order chi connectivity index (χ0) is 24.9. The van der Waals surface area contributed by atoms with Crippen molar-refractivity contribution < 1.29 is 34.8 Å². The lowest BCUT2D eigenvalue weighted by molar-refractivity contribution is -0.145. The molecule has 4 rings (SSSR count). The number of hydrogen-bond donors (Lipinski definition) is 2. The van der Waals surface area contributed by atoms with Crippen LogP contribution in [0.4, 0.5) is 32.0 Å². The highest BCUT2D eigenvalue weighted by Crippen LogP contribution is 2.37. The summed E-state index contributed by atoms with van der Waals surface area (Å²) in [5, 5.41) is 3.66. The van der Waals surface area contributed by atoms with Crippen LogP contribution in [-0.2, 0) is 22.4 Å². The van der Waals surface area contributed by atoms with Gasteiger partial charge in [-0.15, -0.1) is 0 Å². The number of pyridine rings is 2. The third kappa shape index (κ3) is 4.21. The molecule has 0 radical (unpaired) electrons. The Bertz CT molecular complexity index is 1560. The van der Waals surface area contributed by atoms with E-state index in [0.29, 0.717) is 23.1 Å². The van der Waals surface area contributed by atoms with Crippen LogP contribution in [0.1, 0.15) is 11.4 Å². The molecule has 15 heteroatoms. The van der Waals surface area contributed by atoms with Crippen LogP contribution in [0, 0.1) is 0 Å². The van der Waals surface area contributed by atoms with Crippen molar-refractivity contribution in [2.24, 2.45) is 0 Å². The molecule has 34 heavy (non-hydrogen) atoms. The predicted octanol–water partition coefficient (Wildman–Crippen LogP) is 3.95. The first-order chi connectivity index (χ1) is 15.8. The van der Waals surface area contributed by atoms with Crippen LogP contribution in [0.15, 0.2) is 64.7 Å². The summed E-state index contributed by atoms with van der Waals surface area (Å²) < 4.78 is 108. The van der Waals surface area contributed by atoms with Gasteiger partial charge in [-0.2, -0.15) is 31.4 Å². The van der Waals surface area contributed by atoms with Crippen LogP contribution in [-0.4, -0.2) is 28.2 Å². The lowest BCUT2D eigenvalue weighted by Crippen LogP contribution is -2.21. The number of nitrogens with zero attached hydrogens (tertiary/aromatic N) is 3. The summed E-state index contributed by atoms with van der Waals surface area (Å²) >= 11 is 0. The molecule has 0 saturated carbocycles. The molecule has 0 fully saturated rings. The van der Waals surface area contributed by atoms with Gasteiger partial charge in [-0.05, 0) is 30.3 Å². The average molecular weight is 503 g/mol. The lowest BCUT2D eigenvalue weighted by atomic mass is 10.1. The van der Waals surface area contributed by atoms with Crippen LogP contribution in [0.5, 0.6) is 0 Å². The Morgan fingerprint density at radius 2 is 1.71 bits per heavy atom. The largest absolute Gasteiger partial charge is 0.434 e. The first kappa shape index (κ1) is 23.3. The molecule has 0 amide bonds. The monoisotopic (exact) mass is 503 g/mol. The summed E-state index contributed by atoms with van der Waals surface area (Å²) in [6.07, 6.45) is -7.88. The molecule has 0 aliphatic rings. The van der Waals surface area contributed by atoms with Gasteiger partial charge in [0, 0.05) is 23.2 Å². The van der Waals surface area contributed by atoms with Gasteiger partial charge in [-0.3, -0.25) is 14.5 Å². The third-order valence-corrected chi connectivity index (χ3v) is 6.00. The Labute approximate surface area is 185 Å². The van der Waals surface area contributed by atoms with E-state index in [9.17, 15) is 39.6 Å². The van der Waals surface area contributed by atoms with E-state index in [4.69, 9.17) is 0 Å². The lowest BCUT2D eigenvalue weighted by Gasteiger charge is -2.15. The minimum Gasteiger partial charge on any atom is -0.329 e. The molecule has 0 unspecified atom stereocenters. The fourth-order valence-corrected chi connectivity index (χ4v) is 4.41. The number of fused-ring (bicyclic) bond motifs is 1. The standard InChI is InChI=1S/C19H11F6N5O3S/c20-18(21,22)15-8-10(4-6-26-15)29-34(32,33)14-9-28-30(16(14)19(23,24)25)13-3-1-2-12-11(13)5-7-27-17(12)31/h1-9H,(H,26,29)(H,27,31). The van der Waals surface area contributed by atoms with Gasteiger partial charge in [-0.1, -0.05) is 6.07 Å². The minimum atomic E-state index is -5.25. The molecule has 3 heterocycles. The van der Waals surface area contributed by atoms with E-state index in [1.54, 1.807) is 4.72 Å². The average Bonchev–Trinajstić information content (AvgIpc) is 3.20. The first-order valence-electron chi connectivity index (χ1n) is 9.11. The van der Waals surface area contributed by atoms with Gasteiger partial charge >= 0.3 is 12.4 Å². The van der Waals surface area contributed by atoms with E-state index in [1.807, 2.05) is 0 Å². The topological polar surface area (TPSA) is 110 Å². The third-order valence-electron chi connectivity index (χ3n) is 4.62. The molecule has 4 aromatic rings. The van der Waals surface area contributed by atoms with Crippen LogP contribution in [0.2, 0.25) is 0 Å². The second-order valence-corrected chi connectivity index (χ2v) is 8.50. The van der Waals surface area contributed by atoms with E-state index in [1.165, 1.54) is 30.5 Å². The number of rotatable bonds is 4. The number of benzene rings is 1. The first-order valence-corrected chi connectivity index (χ1v) is 10.6. The van der Waals surface area contributed by atoms with Crippen molar-refractivity contribution in [3.8, 4) is 5.69 Å². The molecule has 0 aliphatic carbocycles. The van der Waals surface area contributed by atoms with Gasteiger partial charge in [0.05, 0.1) is 17.6 Å². The summed E-state index contributed by atoms with van der Waals surface area (Å²) in [6.45, 7) is 0. The van der Waals surface area contributed by atoms with Crippen molar-refractivity contribution >= 4 is 26.5 Å². The Hall–Kier alpha value is -3.88. The predicted molar refractivity (Wildman–Crippen MR) is 107 cm³/mol. The van der Waals surface area contributed by atoms with Gasteiger partial charge in [0.25, 0.3) is 15.6 Å². The van der Waals surface area contributed by atoms with E-state index < -0.39 is 49.9 Å². The molecule has 3 aromatic heterocycles. The Balaban J connectivity index is 1.87. The Kier molecular flexibility index (Phi) is 5.38. The van der Waals surface area contributed by atoms with Crippen molar-refractivity contribution in [1.82, 2.24) is 19.7 Å². The SMILES string of the molecule is O=c1[nH]ccc2c(-n3ncc(S(=O)(=O)Nc4ccnc(C(F)(F)F)c4)c3C(F)(F)F)cccc12. The normalized spacial score (nSPS) is 12.8. The number of H-pyrrole nitrogens is 1. The molecule has 0 saturated heterocycles. The van der Waals surface area contributed by atoms with E-state index in [-0.39, 0.29) is 16.5 Å². The molecule has 1 aromatic carbocycles. The highest BCUT2D eigenvalue weighted by Gasteiger charge is 2.43. The van der Waals surface area contributed by atoms with E-state index in [0.717, 1.165) is 6.07 Å². The van der Waals surface area contributed by atoms with Crippen LogP contribution in [0.25, 0.3) is 16.5 Å². The van der Waals surface area contributed by atoms with E-state index >= 15 is 0 Å². The van der Waals surface area contributed by atoms with Crippen molar-refractivity contribution in [1.29, 1.82) is 0 Å². The summed E-state index contributed by atoms with van der Waals surface area (Å²) in [5.74, 6) is 0. The fraction of sp³-hybridized carbons (Fsp3) is 0.105. The smallest absolute Gasteiger partial charge is 0.329 e. The molecule has 0 aliphatic heterocycles. The van der Waals surface area contributed by atoms with Crippen LogP contribution >= 0.6 is 0 Å². The summed E-state index contributed by atoms with van der Waals surface area (Å²) in [5.41, 5.74) is -4.63. The van der Waals surface area contributed by atoms with Gasteiger partial charge in [0.2, 0.25) is 0 Å². The molecular weight excluding hydrogens is 492 g/mol. The van der Waals surface area contributed by atoms with Crippen molar-refractivity contribution in [3.05, 3.63) is 76.7 Å². The minimum absolute atomic E-state index is 0.0302. The summed E-state index contributed by atoms with van der Waals surface area (Å²) in [6, 6.07) is 6.35. The Morgan fingerprint density at radius 3 is 2.38 bits per heavy atom. The highest BCUT2D eigenvalue weighted by atomic mass is 32.2. The summed E-state index contributed by atoms with van der Waals surface area (Å²) in [4.78, 5) is 16.1. The van der Waals surface area contributed by atoms with Crippen molar-refractivity contribution in [2.45, 2.75) is 17.2 Å². The number of aromatic amines is 1. The Morgan fingerprint density at radius 1 is 0.971 bits per heavy atom. The van der Waals surface area contributed by atoms with Gasteiger partial charge in [0.15, 0.2) is 5.69 Å². The number of anilines is 1. The van der Waals surface area contributed by atoms with Crippen LogP contribution < -0.4 is 10.3 Å². The molecular formula is C19H11F6N5O3S. The molecule has 0 bridgehead atoms. The molecule has 0 atom stereocenters. The maximum Gasteiger partial charge on any atom is 0.434 e. The maximum atomic E-state index is 14.0. The summed E-state index contributed by atoms with van der Waals surface area (Å²) in [7, 11) is -5.05. The highest BCUT2D eigenvalue weighted by molar-refractivity contribution is 7.92. The fourth-order valence-electron chi connectivity index (χ4n) is 3.22. The van der Waals surface area contributed by atoms with Crippen molar-refractivity contribution in [3.63, 3.8) is 0 Å². The second-order valence-electron chi connectivity index (χ2n) is 6.85. The quantitative estimate of drug-likeness (QED) is 0.410. The van der Waals surface area contributed by atoms with Gasteiger partial charge in [0.1, 0.15) is 10.6 Å². The number of sulfonamides is 1. The second kappa shape index (κ2) is 7.86. The maximum absolute atomic E-state index is 14.0. The van der Waals surface area contributed by atoms with Crippen LogP contribution in [0.3, 0.4) is 0 Å². The number of aromatic nitrogens is 4. The van der Waals surface area contributed by atoms with E-state index in [2.05, 4.69) is 15.1 Å². The van der Waals surface area contributed by atoms with Gasteiger partial charge < -0.3 is 4.98 Å². The molecule has 2 N–H and O–H groups in total. The number of halogens is 6. The zero-order valence-electron chi connectivity index (χ0n) is 16.4. The number of hydrogen-bond acceptors (Lipinski definition) is 5. The molecule has 0 spiro atoms. The number of nitrogens with one attached hydrogen (secondary N) is 2. The number of alkyl halides is 6. The molecule has 178 valence electrons. The zero-order valence-corrected chi connectivity index (χ0v) is 17.3. The van der Waals surface area contributed by atoms with Crippen molar-refractivity contribution in [2.75, 3.05) is 4.72 Å².